The Balaban J connectivity index is 2.34. The summed E-state index contributed by atoms with van der Waals surface area (Å²) in [6, 6.07) is 4.57. The molecule has 1 N–H and O–H groups in total. The molecule has 0 aromatic heterocycles. The van der Waals surface area contributed by atoms with Crippen molar-refractivity contribution in [1.82, 2.24) is 0 Å². The maximum absolute atomic E-state index is 14.0. The van der Waals surface area contributed by atoms with Crippen LogP contribution < -0.4 is 4.74 Å². The maximum atomic E-state index is 14.0. The SMILES string of the molecule is COc1ccc(C2(O)CC(C)OC(C)C2)c(F)c1. The topological polar surface area (TPSA) is 38.7 Å². The first-order valence-corrected chi connectivity index (χ1v) is 6.16. The maximum Gasteiger partial charge on any atom is 0.132 e. The molecule has 1 fully saturated rings. The highest BCUT2D eigenvalue weighted by Gasteiger charge is 2.40. The van der Waals surface area contributed by atoms with Crippen molar-refractivity contribution < 1.29 is 19.0 Å². The Kier molecular flexibility index (Phi) is 3.59. The predicted molar refractivity (Wildman–Crippen MR) is 66.1 cm³/mol. The summed E-state index contributed by atoms with van der Waals surface area (Å²) in [5.41, 5.74) is -0.835. The van der Waals surface area contributed by atoms with Gasteiger partial charge < -0.3 is 14.6 Å². The van der Waals surface area contributed by atoms with Crippen molar-refractivity contribution in [3.05, 3.63) is 29.6 Å². The molecule has 2 atom stereocenters. The van der Waals surface area contributed by atoms with Gasteiger partial charge in [0.05, 0.1) is 24.9 Å². The second-order valence-corrected chi connectivity index (χ2v) is 5.04. The summed E-state index contributed by atoms with van der Waals surface area (Å²) in [6.07, 6.45) is 0.641. The molecule has 4 heteroatoms. The van der Waals surface area contributed by atoms with E-state index in [0.29, 0.717) is 24.2 Å². The van der Waals surface area contributed by atoms with Gasteiger partial charge in [-0.2, -0.15) is 0 Å². The molecule has 100 valence electrons. The lowest BCUT2D eigenvalue weighted by Gasteiger charge is -2.39. The molecule has 0 spiro atoms. The first-order valence-electron chi connectivity index (χ1n) is 6.16. The zero-order valence-corrected chi connectivity index (χ0v) is 10.9. The number of methoxy groups -OCH3 is 1. The molecule has 2 rings (SSSR count). The molecule has 3 nitrogen and oxygen atoms in total. The second kappa shape index (κ2) is 4.86. The van der Waals surface area contributed by atoms with Crippen LogP contribution in [-0.2, 0) is 10.3 Å². The van der Waals surface area contributed by atoms with Gasteiger partial charge in [0.15, 0.2) is 0 Å². The smallest absolute Gasteiger partial charge is 0.132 e. The van der Waals surface area contributed by atoms with Crippen molar-refractivity contribution in [3.63, 3.8) is 0 Å². The van der Waals surface area contributed by atoms with E-state index >= 15 is 0 Å². The van der Waals surface area contributed by atoms with Gasteiger partial charge in [0.2, 0.25) is 0 Å². The molecule has 0 bridgehead atoms. The van der Waals surface area contributed by atoms with E-state index in [1.807, 2.05) is 13.8 Å². The average Bonchev–Trinajstić information content (AvgIpc) is 2.26. The van der Waals surface area contributed by atoms with Crippen molar-refractivity contribution in [3.8, 4) is 5.75 Å². The van der Waals surface area contributed by atoms with Gasteiger partial charge in [-0.1, -0.05) is 0 Å². The van der Waals surface area contributed by atoms with Crippen molar-refractivity contribution >= 4 is 0 Å². The summed E-state index contributed by atoms with van der Waals surface area (Å²) in [5, 5.41) is 10.7. The third-order valence-corrected chi connectivity index (χ3v) is 3.39. The quantitative estimate of drug-likeness (QED) is 0.881. The lowest BCUT2D eigenvalue weighted by atomic mass is 9.81. The average molecular weight is 254 g/mol. The largest absolute Gasteiger partial charge is 0.497 e. The highest BCUT2D eigenvalue weighted by atomic mass is 19.1. The molecular weight excluding hydrogens is 235 g/mol. The van der Waals surface area contributed by atoms with E-state index in [4.69, 9.17) is 9.47 Å². The number of benzene rings is 1. The van der Waals surface area contributed by atoms with Gasteiger partial charge >= 0.3 is 0 Å². The van der Waals surface area contributed by atoms with E-state index in [1.54, 1.807) is 12.1 Å². The van der Waals surface area contributed by atoms with Crippen LogP contribution in [0.1, 0.15) is 32.3 Å². The Labute approximate surface area is 107 Å². The van der Waals surface area contributed by atoms with Crippen molar-refractivity contribution in [2.24, 2.45) is 0 Å². The number of rotatable bonds is 2. The lowest BCUT2D eigenvalue weighted by Crippen LogP contribution is -2.41. The molecule has 1 saturated heterocycles. The summed E-state index contributed by atoms with van der Waals surface area (Å²) in [7, 11) is 1.49. The molecule has 1 aromatic carbocycles. The highest BCUT2D eigenvalue weighted by Crippen LogP contribution is 2.39. The first kappa shape index (κ1) is 13.3. The zero-order chi connectivity index (χ0) is 13.3. The molecule has 1 aromatic rings. The number of halogens is 1. The zero-order valence-electron chi connectivity index (χ0n) is 10.9. The minimum Gasteiger partial charge on any atom is -0.497 e. The third-order valence-electron chi connectivity index (χ3n) is 3.39. The molecule has 0 aliphatic carbocycles. The molecule has 18 heavy (non-hydrogen) atoms. The predicted octanol–water partition coefficient (Wildman–Crippen LogP) is 2.61. The van der Waals surface area contributed by atoms with Gasteiger partial charge in [-0.15, -0.1) is 0 Å². The van der Waals surface area contributed by atoms with E-state index in [9.17, 15) is 9.50 Å². The summed E-state index contributed by atoms with van der Waals surface area (Å²) >= 11 is 0. The van der Waals surface area contributed by atoms with E-state index in [-0.39, 0.29) is 12.2 Å². The Morgan fingerprint density at radius 1 is 1.33 bits per heavy atom. The van der Waals surface area contributed by atoms with Gasteiger partial charge in [-0.05, 0) is 26.0 Å². The Hall–Kier alpha value is -1.13. The molecule has 0 saturated carbocycles. The van der Waals surface area contributed by atoms with Crippen LogP contribution in [0, 0.1) is 5.82 Å². The van der Waals surface area contributed by atoms with Crippen LogP contribution >= 0.6 is 0 Å². The monoisotopic (exact) mass is 254 g/mol. The van der Waals surface area contributed by atoms with Crippen LogP contribution in [-0.4, -0.2) is 24.4 Å². The third kappa shape index (κ3) is 2.49. The van der Waals surface area contributed by atoms with Crippen LogP contribution in [0.15, 0.2) is 18.2 Å². The van der Waals surface area contributed by atoms with Gasteiger partial charge in [-0.25, -0.2) is 4.39 Å². The fourth-order valence-corrected chi connectivity index (χ4v) is 2.75. The molecule has 2 unspecified atom stereocenters. The fraction of sp³-hybridized carbons (Fsp3) is 0.571. The normalized spacial score (nSPS) is 32.3. The van der Waals surface area contributed by atoms with E-state index < -0.39 is 11.4 Å². The van der Waals surface area contributed by atoms with Crippen LogP contribution in [0.5, 0.6) is 5.75 Å². The first-order chi connectivity index (χ1) is 8.44. The fourth-order valence-electron chi connectivity index (χ4n) is 2.75. The summed E-state index contributed by atoms with van der Waals surface area (Å²) in [6.45, 7) is 3.78. The van der Waals surface area contributed by atoms with Crippen molar-refractivity contribution in [1.29, 1.82) is 0 Å². The van der Waals surface area contributed by atoms with Crippen LogP contribution in [0.3, 0.4) is 0 Å². The van der Waals surface area contributed by atoms with E-state index in [2.05, 4.69) is 0 Å². The van der Waals surface area contributed by atoms with E-state index in [1.165, 1.54) is 13.2 Å². The second-order valence-electron chi connectivity index (χ2n) is 5.04. The number of hydrogen-bond donors (Lipinski definition) is 1. The Bertz CT molecular complexity index is 423. The number of ether oxygens (including phenoxy) is 2. The molecule has 1 aliphatic heterocycles. The molecular formula is C14H19FO3. The summed E-state index contributed by atoms with van der Waals surface area (Å²) in [5.74, 6) is 0.0196. The Morgan fingerprint density at radius 2 is 1.94 bits per heavy atom. The number of aliphatic hydroxyl groups is 1. The summed E-state index contributed by atoms with van der Waals surface area (Å²) in [4.78, 5) is 0. The van der Waals surface area contributed by atoms with Gasteiger partial charge in [0, 0.05) is 24.5 Å². The minimum absolute atomic E-state index is 0.0831. The molecule has 0 radical (unpaired) electrons. The highest BCUT2D eigenvalue weighted by molar-refractivity contribution is 5.33. The Morgan fingerprint density at radius 3 is 2.44 bits per heavy atom. The molecule has 1 aliphatic rings. The van der Waals surface area contributed by atoms with Gasteiger partial charge in [0.25, 0.3) is 0 Å². The van der Waals surface area contributed by atoms with Crippen molar-refractivity contribution in [2.75, 3.05) is 7.11 Å². The molecule has 1 heterocycles. The molecule has 0 amide bonds. The van der Waals surface area contributed by atoms with Gasteiger partial charge in [0.1, 0.15) is 11.6 Å². The summed E-state index contributed by atoms with van der Waals surface area (Å²) < 4.78 is 24.6. The number of hydrogen-bond acceptors (Lipinski definition) is 3. The van der Waals surface area contributed by atoms with Gasteiger partial charge in [-0.3, -0.25) is 0 Å². The van der Waals surface area contributed by atoms with Crippen molar-refractivity contribution in [2.45, 2.75) is 44.5 Å². The van der Waals surface area contributed by atoms with Crippen LogP contribution in [0.2, 0.25) is 0 Å². The minimum atomic E-state index is -1.16. The van der Waals surface area contributed by atoms with Crippen LogP contribution in [0.4, 0.5) is 4.39 Å². The van der Waals surface area contributed by atoms with Crippen LogP contribution in [0.25, 0.3) is 0 Å². The standard InChI is InChI=1S/C14H19FO3/c1-9-7-14(16,8-10(2)18-9)12-5-4-11(17-3)6-13(12)15/h4-6,9-10,16H,7-8H2,1-3H3. The lowest BCUT2D eigenvalue weighted by molar-refractivity contribution is -0.137. The van der Waals surface area contributed by atoms with E-state index in [0.717, 1.165) is 0 Å².